The number of nitrogens with one attached hydrogen (secondary N) is 1. The number of aromatic amines is 1. The van der Waals surface area contributed by atoms with Gasteiger partial charge in [-0.05, 0) is 12.5 Å². The fraction of sp³-hybridized carbons (Fsp3) is 0.471. The van der Waals surface area contributed by atoms with Crippen LogP contribution >= 0.6 is 0 Å². The largest absolute Gasteiger partial charge is 0.371 e. The van der Waals surface area contributed by atoms with Crippen LogP contribution < -0.4 is 0 Å². The normalized spacial score (nSPS) is 19.8. The summed E-state index contributed by atoms with van der Waals surface area (Å²) in [5.74, 6) is 1.08. The Morgan fingerprint density at radius 1 is 1.33 bits per heavy atom. The van der Waals surface area contributed by atoms with Crippen molar-refractivity contribution < 1.29 is 4.74 Å². The number of nitrogens with zero attached hydrogens (tertiary/aromatic N) is 2. The van der Waals surface area contributed by atoms with E-state index in [1.165, 1.54) is 17.0 Å². The third kappa shape index (κ3) is 3.34. The zero-order valence-corrected chi connectivity index (χ0v) is 12.8. The van der Waals surface area contributed by atoms with Crippen molar-refractivity contribution in [2.24, 2.45) is 0 Å². The Hall–Kier alpha value is -1.65. The number of aryl methyl sites for hydroxylation is 2. The molecule has 1 aromatic carbocycles. The highest BCUT2D eigenvalue weighted by Gasteiger charge is 2.23. The van der Waals surface area contributed by atoms with E-state index in [2.05, 4.69) is 53.0 Å². The lowest BCUT2D eigenvalue weighted by Crippen LogP contribution is -2.38. The lowest BCUT2D eigenvalue weighted by Gasteiger charge is -2.32. The predicted molar refractivity (Wildman–Crippen MR) is 83.1 cm³/mol. The number of morpholine rings is 1. The lowest BCUT2D eigenvalue weighted by atomic mass is 10.1. The molecule has 0 radical (unpaired) electrons. The van der Waals surface area contributed by atoms with E-state index < -0.39 is 0 Å². The van der Waals surface area contributed by atoms with Crippen molar-refractivity contribution in [1.82, 2.24) is 14.9 Å². The summed E-state index contributed by atoms with van der Waals surface area (Å²) in [6.45, 7) is 7.81. The molecule has 0 saturated carbocycles. The zero-order valence-electron chi connectivity index (χ0n) is 12.8. The lowest BCUT2D eigenvalue weighted by molar-refractivity contribution is -0.0333. The quantitative estimate of drug-likeness (QED) is 0.939. The van der Waals surface area contributed by atoms with Gasteiger partial charge in [-0.1, -0.05) is 37.3 Å². The first kappa shape index (κ1) is 14.3. The molecule has 1 aromatic heterocycles. The third-order valence-corrected chi connectivity index (χ3v) is 4.06. The summed E-state index contributed by atoms with van der Waals surface area (Å²) < 4.78 is 5.92. The summed E-state index contributed by atoms with van der Waals surface area (Å²) in [5, 5.41) is 0. The Labute approximate surface area is 126 Å². The molecule has 112 valence electrons. The molecule has 1 atom stereocenters. The minimum Gasteiger partial charge on any atom is -0.371 e. The van der Waals surface area contributed by atoms with Gasteiger partial charge in [0.15, 0.2) is 0 Å². The minimum absolute atomic E-state index is 0.171. The summed E-state index contributed by atoms with van der Waals surface area (Å²) in [6, 6.07) is 10.5. The molecule has 0 spiro atoms. The van der Waals surface area contributed by atoms with Crippen molar-refractivity contribution in [3.63, 3.8) is 0 Å². The Kier molecular flexibility index (Phi) is 4.36. The van der Waals surface area contributed by atoms with Gasteiger partial charge in [-0.15, -0.1) is 0 Å². The van der Waals surface area contributed by atoms with Crippen molar-refractivity contribution in [3.05, 3.63) is 53.1 Å². The van der Waals surface area contributed by atoms with Crippen LogP contribution in [0.2, 0.25) is 0 Å². The highest BCUT2D eigenvalue weighted by atomic mass is 16.5. The highest BCUT2D eigenvalue weighted by molar-refractivity contribution is 5.19. The second-order valence-corrected chi connectivity index (χ2v) is 5.61. The maximum Gasteiger partial charge on any atom is 0.106 e. The summed E-state index contributed by atoms with van der Waals surface area (Å²) in [6.07, 6.45) is 1.13. The first-order valence-electron chi connectivity index (χ1n) is 7.69. The Morgan fingerprint density at radius 3 is 2.86 bits per heavy atom. The van der Waals surface area contributed by atoms with E-state index in [1.54, 1.807) is 0 Å². The SMILES string of the molecule is CCc1nc(CN2CCOC(c3ccccc3)C2)c(C)[nH]1. The first-order chi connectivity index (χ1) is 10.3. The number of imidazole rings is 1. The van der Waals surface area contributed by atoms with Gasteiger partial charge in [-0.2, -0.15) is 0 Å². The van der Waals surface area contributed by atoms with Crippen molar-refractivity contribution >= 4 is 0 Å². The molecule has 1 aliphatic heterocycles. The van der Waals surface area contributed by atoms with Crippen molar-refractivity contribution in [3.8, 4) is 0 Å². The highest BCUT2D eigenvalue weighted by Crippen LogP contribution is 2.23. The number of hydrogen-bond acceptors (Lipinski definition) is 3. The van der Waals surface area contributed by atoms with Crippen LogP contribution in [0.15, 0.2) is 30.3 Å². The first-order valence-corrected chi connectivity index (χ1v) is 7.69. The van der Waals surface area contributed by atoms with E-state index >= 15 is 0 Å². The molecule has 4 heteroatoms. The average Bonchev–Trinajstić information content (AvgIpc) is 2.89. The summed E-state index contributed by atoms with van der Waals surface area (Å²) in [7, 11) is 0. The van der Waals surface area contributed by atoms with Gasteiger partial charge in [-0.3, -0.25) is 4.90 Å². The smallest absolute Gasteiger partial charge is 0.106 e. The van der Waals surface area contributed by atoms with Crippen molar-refractivity contribution in [1.29, 1.82) is 0 Å². The molecule has 1 saturated heterocycles. The number of aromatic nitrogens is 2. The van der Waals surface area contributed by atoms with Gasteiger partial charge in [-0.25, -0.2) is 4.98 Å². The van der Waals surface area contributed by atoms with Crippen LogP contribution in [0.1, 0.15) is 35.8 Å². The number of benzene rings is 1. The molecule has 0 bridgehead atoms. The van der Waals surface area contributed by atoms with Gasteiger partial charge < -0.3 is 9.72 Å². The molecule has 0 aliphatic carbocycles. The molecule has 21 heavy (non-hydrogen) atoms. The second-order valence-electron chi connectivity index (χ2n) is 5.61. The van der Waals surface area contributed by atoms with Crippen molar-refractivity contribution in [2.45, 2.75) is 32.9 Å². The molecule has 3 rings (SSSR count). The maximum absolute atomic E-state index is 5.92. The molecular formula is C17H23N3O. The number of H-pyrrole nitrogens is 1. The fourth-order valence-electron chi connectivity index (χ4n) is 2.81. The average molecular weight is 285 g/mol. The van der Waals surface area contributed by atoms with E-state index in [0.717, 1.165) is 38.5 Å². The van der Waals surface area contributed by atoms with Crippen LogP contribution in [-0.4, -0.2) is 34.6 Å². The van der Waals surface area contributed by atoms with E-state index in [4.69, 9.17) is 4.74 Å². The second kappa shape index (κ2) is 6.41. The van der Waals surface area contributed by atoms with Gasteiger partial charge in [0.2, 0.25) is 0 Å². The zero-order chi connectivity index (χ0) is 14.7. The van der Waals surface area contributed by atoms with Gasteiger partial charge in [0, 0.05) is 31.7 Å². The van der Waals surface area contributed by atoms with Crippen LogP contribution in [-0.2, 0) is 17.7 Å². The van der Waals surface area contributed by atoms with Gasteiger partial charge in [0.1, 0.15) is 5.82 Å². The molecule has 1 N–H and O–H groups in total. The van der Waals surface area contributed by atoms with Gasteiger partial charge in [0.25, 0.3) is 0 Å². The molecule has 1 unspecified atom stereocenters. The maximum atomic E-state index is 5.92. The Morgan fingerprint density at radius 2 is 2.14 bits per heavy atom. The summed E-state index contributed by atoms with van der Waals surface area (Å²) >= 11 is 0. The minimum atomic E-state index is 0.171. The Bertz CT molecular complexity index is 579. The molecule has 4 nitrogen and oxygen atoms in total. The van der Waals surface area contributed by atoms with E-state index in [-0.39, 0.29) is 6.10 Å². The van der Waals surface area contributed by atoms with Gasteiger partial charge >= 0.3 is 0 Å². The monoisotopic (exact) mass is 285 g/mol. The summed E-state index contributed by atoms with van der Waals surface area (Å²) in [4.78, 5) is 10.5. The topological polar surface area (TPSA) is 41.2 Å². The summed E-state index contributed by atoms with van der Waals surface area (Å²) in [5.41, 5.74) is 3.62. The van der Waals surface area contributed by atoms with Crippen LogP contribution in [0.4, 0.5) is 0 Å². The number of hydrogen-bond donors (Lipinski definition) is 1. The standard InChI is InChI=1S/C17H23N3O/c1-3-17-18-13(2)15(19-17)11-20-9-10-21-16(12-20)14-7-5-4-6-8-14/h4-8,16H,3,9-12H2,1-2H3,(H,18,19). The molecule has 1 aliphatic rings. The third-order valence-electron chi connectivity index (χ3n) is 4.06. The van der Waals surface area contributed by atoms with Crippen LogP contribution in [0.5, 0.6) is 0 Å². The van der Waals surface area contributed by atoms with Crippen LogP contribution in [0.3, 0.4) is 0 Å². The van der Waals surface area contributed by atoms with Gasteiger partial charge in [0.05, 0.1) is 18.4 Å². The number of rotatable bonds is 4. The van der Waals surface area contributed by atoms with E-state index in [1.807, 2.05) is 6.07 Å². The molecule has 0 amide bonds. The Balaban J connectivity index is 1.67. The number of ether oxygens (including phenoxy) is 1. The predicted octanol–water partition coefficient (Wildman–Crippen LogP) is 2.85. The van der Waals surface area contributed by atoms with Crippen LogP contribution in [0.25, 0.3) is 0 Å². The van der Waals surface area contributed by atoms with E-state index in [9.17, 15) is 0 Å². The fourth-order valence-corrected chi connectivity index (χ4v) is 2.81. The van der Waals surface area contributed by atoms with Crippen molar-refractivity contribution in [2.75, 3.05) is 19.7 Å². The molecule has 1 fully saturated rings. The van der Waals surface area contributed by atoms with E-state index in [0.29, 0.717) is 0 Å². The molecular weight excluding hydrogens is 262 g/mol. The molecule has 2 aromatic rings. The molecule has 2 heterocycles. The van der Waals surface area contributed by atoms with Crippen LogP contribution in [0, 0.1) is 6.92 Å².